The monoisotopic (exact) mass is 534 g/mol. The largest absolute Gasteiger partial charge is 0.357 e. The minimum atomic E-state index is 0. The maximum Gasteiger partial charge on any atom is 0.220 e. The van der Waals surface area contributed by atoms with Crippen molar-refractivity contribution in [2.45, 2.75) is 58.5 Å². The van der Waals surface area contributed by atoms with Gasteiger partial charge in [0, 0.05) is 44.0 Å². The lowest BCUT2D eigenvalue weighted by atomic mass is 9.97. The van der Waals surface area contributed by atoms with E-state index in [-0.39, 0.29) is 35.9 Å². The molecule has 164 valence electrons. The van der Waals surface area contributed by atoms with Crippen molar-refractivity contribution in [3.63, 3.8) is 0 Å². The highest BCUT2D eigenvalue weighted by atomic mass is 127. The number of nitrogens with zero attached hydrogens (tertiary/aromatic N) is 3. The van der Waals surface area contributed by atoms with E-state index in [9.17, 15) is 4.79 Å². The molecule has 0 aromatic carbocycles. The second kappa shape index (κ2) is 12.7. The van der Waals surface area contributed by atoms with Gasteiger partial charge in [-0.15, -0.1) is 35.3 Å². The Kier molecular flexibility index (Phi) is 10.6. The van der Waals surface area contributed by atoms with E-state index >= 15 is 0 Å². The van der Waals surface area contributed by atoms with Crippen LogP contribution in [0.2, 0.25) is 0 Å². The molecule has 1 atom stereocenters. The standard InChI is InChI=1S/C20H34N6OS.HI/c1-3-19-24-17(14-28-19)13-26-9-7-15(8-10-26)11-23-20(21-4-2)25-16-5-6-18(27)22-12-16;/h14-16H,3-13H2,1-2H3,(H,22,27)(H2,21,23,25);1H. The van der Waals surface area contributed by atoms with Crippen LogP contribution in [0.4, 0.5) is 0 Å². The number of aromatic nitrogens is 1. The van der Waals surface area contributed by atoms with Crippen LogP contribution < -0.4 is 16.0 Å². The number of likely N-dealkylation sites (tertiary alicyclic amines) is 1. The third-order valence-electron chi connectivity index (χ3n) is 5.45. The van der Waals surface area contributed by atoms with Gasteiger partial charge in [-0.05, 0) is 51.6 Å². The van der Waals surface area contributed by atoms with Gasteiger partial charge in [-0.2, -0.15) is 0 Å². The number of aryl methyl sites for hydroxylation is 1. The molecule has 7 nitrogen and oxygen atoms in total. The zero-order valence-corrected chi connectivity index (χ0v) is 20.7. The van der Waals surface area contributed by atoms with E-state index in [0.717, 1.165) is 51.5 Å². The highest BCUT2D eigenvalue weighted by molar-refractivity contribution is 14.0. The highest BCUT2D eigenvalue weighted by Gasteiger charge is 2.21. The highest BCUT2D eigenvalue weighted by Crippen LogP contribution is 2.20. The number of hydrogen-bond donors (Lipinski definition) is 3. The summed E-state index contributed by atoms with van der Waals surface area (Å²) in [6.45, 7) is 9.85. The Labute approximate surface area is 195 Å². The predicted octanol–water partition coefficient (Wildman–Crippen LogP) is 2.37. The lowest BCUT2D eigenvalue weighted by Gasteiger charge is -2.31. The number of aliphatic imine (C=N–C) groups is 1. The molecule has 9 heteroatoms. The first-order chi connectivity index (χ1) is 13.7. The van der Waals surface area contributed by atoms with Crippen LogP contribution in [-0.4, -0.2) is 60.5 Å². The van der Waals surface area contributed by atoms with Crippen molar-refractivity contribution in [1.29, 1.82) is 0 Å². The average molecular weight is 535 g/mol. The number of amides is 1. The normalized spacial score (nSPS) is 21.4. The van der Waals surface area contributed by atoms with Crippen molar-refractivity contribution < 1.29 is 4.79 Å². The van der Waals surface area contributed by atoms with Gasteiger partial charge in [-0.25, -0.2) is 4.98 Å². The first-order valence-corrected chi connectivity index (χ1v) is 11.5. The molecule has 0 radical (unpaired) electrons. The van der Waals surface area contributed by atoms with Crippen LogP contribution in [0.1, 0.15) is 50.2 Å². The van der Waals surface area contributed by atoms with E-state index in [1.807, 2.05) is 0 Å². The Bertz CT molecular complexity index is 649. The zero-order chi connectivity index (χ0) is 19.8. The molecule has 0 spiro atoms. The van der Waals surface area contributed by atoms with E-state index in [4.69, 9.17) is 9.98 Å². The van der Waals surface area contributed by atoms with E-state index < -0.39 is 0 Å². The third kappa shape index (κ3) is 8.01. The molecular formula is C20H35IN6OS. The molecule has 3 heterocycles. The average Bonchev–Trinajstić information content (AvgIpc) is 3.17. The molecule has 3 rings (SSSR count). The maximum absolute atomic E-state index is 11.3. The number of nitrogens with one attached hydrogen (secondary N) is 3. The number of halogens is 1. The zero-order valence-electron chi connectivity index (χ0n) is 17.6. The molecule has 2 aliphatic heterocycles. The smallest absolute Gasteiger partial charge is 0.220 e. The van der Waals surface area contributed by atoms with E-state index in [0.29, 0.717) is 18.9 Å². The Morgan fingerprint density at radius 2 is 2.14 bits per heavy atom. The summed E-state index contributed by atoms with van der Waals surface area (Å²) in [7, 11) is 0. The summed E-state index contributed by atoms with van der Waals surface area (Å²) in [6.07, 6.45) is 4.86. The Morgan fingerprint density at radius 1 is 1.34 bits per heavy atom. The van der Waals surface area contributed by atoms with E-state index in [1.54, 1.807) is 11.3 Å². The number of guanidine groups is 1. The number of carbonyl (C=O) groups is 1. The van der Waals surface area contributed by atoms with Crippen LogP contribution >= 0.6 is 35.3 Å². The van der Waals surface area contributed by atoms with Crippen LogP contribution in [-0.2, 0) is 17.8 Å². The van der Waals surface area contributed by atoms with Gasteiger partial charge in [0.1, 0.15) is 0 Å². The fourth-order valence-corrected chi connectivity index (χ4v) is 4.47. The topological polar surface area (TPSA) is 81.7 Å². The van der Waals surface area contributed by atoms with Crippen molar-refractivity contribution in [3.8, 4) is 0 Å². The van der Waals surface area contributed by atoms with Gasteiger partial charge in [0.15, 0.2) is 5.96 Å². The third-order valence-corrected chi connectivity index (χ3v) is 6.49. The molecule has 0 aliphatic carbocycles. The molecule has 2 fully saturated rings. The molecular weight excluding hydrogens is 499 g/mol. The summed E-state index contributed by atoms with van der Waals surface area (Å²) in [6, 6.07) is 0.267. The SMILES string of the molecule is CCNC(=NCC1CCN(Cc2csc(CC)n2)CC1)NC1CCC(=O)NC1.I. The first-order valence-electron chi connectivity index (χ1n) is 10.6. The molecule has 29 heavy (non-hydrogen) atoms. The van der Waals surface area contributed by atoms with Crippen molar-refractivity contribution in [1.82, 2.24) is 25.8 Å². The number of piperidine rings is 2. The van der Waals surface area contributed by atoms with Gasteiger partial charge in [-0.1, -0.05) is 6.92 Å². The molecule has 1 aromatic heterocycles. The second-order valence-corrected chi connectivity index (χ2v) is 8.65. The predicted molar refractivity (Wildman–Crippen MR) is 130 cm³/mol. The quantitative estimate of drug-likeness (QED) is 0.285. The number of thiazole rings is 1. The molecule has 2 saturated heterocycles. The fraction of sp³-hybridized carbons (Fsp3) is 0.750. The van der Waals surface area contributed by atoms with Crippen LogP contribution in [0.5, 0.6) is 0 Å². The van der Waals surface area contributed by atoms with Gasteiger partial charge < -0.3 is 16.0 Å². The lowest BCUT2D eigenvalue weighted by molar-refractivity contribution is -0.122. The van der Waals surface area contributed by atoms with Crippen LogP contribution in [0.25, 0.3) is 0 Å². The summed E-state index contributed by atoms with van der Waals surface area (Å²) in [5.74, 6) is 1.66. The summed E-state index contributed by atoms with van der Waals surface area (Å²) in [4.78, 5) is 23.4. The first kappa shape index (κ1) is 24.3. The number of carbonyl (C=O) groups excluding carboxylic acids is 1. The van der Waals surface area contributed by atoms with Crippen molar-refractivity contribution in [3.05, 3.63) is 16.1 Å². The molecule has 0 bridgehead atoms. The second-order valence-electron chi connectivity index (χ2n) is 7.71. The van der Waals surface area contributed by atoms with Gasteiger partial charge in [0.2, 0.25) is 5.91 Å². The summed E-state index contributed by atoms with van der Waals surface area (Å²) < 4.78 is 0. The molecule has 1 unspecified atom stereocenters. The van der Waals surface area contributed by atoms with Gasteiger partial charge in [-0.3, -0.25) is 14.7 Å². The van der Waals surface area contributed by atoms with Gasteiger partial charge >= 0.3 is 0 Å². The molecule has 1 aromatic rings. The van der Waals surface area contributed by atoms with Gasteiger partial charge in [0.05, 0.1) is 10.7 Å². The molecule has 1 amide bonds. The van der Waals surface area contributed by atoms with Crippen molar-refractivity contribution >= 4 is 47.2 Å². The van der Waals surface area contributed by atoms with E-state index in [2.05, 4.69) is 40.1 Å². The van der Waals surface area contributed by atoms with Crippen molar-refractivity contribution in [2.75, 3.05) is 32.7 Å². The molecule has 3 N–H and O–H groups in total. The maximum atomic E-state index is 11.3. The van der Waals surface area contributed by atoms with Gasteiger partial charge in [0.25, 0.3) is 0 Å². The fourth-order valence-electron chi connectivity index (χ4n) is 3.73. The Morgan fingerprint density at radius 3 is 2.76 bits per heavy atom. The Balaban J connectivity index is 0.00000300. The van der Waals surface area contributed by atoms with Crippen LogP contribution in [0.3, 0.4) is 0 Å². The minimum Gasteiger partial charge on any atom is -0.357 e. The van der Waals surface area contributed by atoms with Crippen molar-refractivity contribution in [2.24, 2.45) is 10.9 Å². The Hall–Kier alpha value is -0.940. The lowest BCUT2D eigenvalue weighted by Crippen LogP contribution is -2.51. The molecule has 2 aliphatic rings. The van der Waals surface area contributed by atoms with Crippen LogP contribution in [0.15, 0.2) is 10.4 Å². The summed E-state index contributed by atoms with van der Waals surface area (Å²) >= 11 is 1.78. The summed E-state index contributed by atoms with van der Waals surface area (Å²) in [5.41, 5.74) is 1.22. The number of hydrogen-bond acceptors (Lipinski definition) is 5. The van der Waals surface area contributed by atoms with E-state index in [1.165, 1.54) is 23.5 Å². The molecule has 0 saturated carbocycles. The number of rotatable bonds is 7. The summed E-state index contributed by atoms with van der Waals surface area (Å²) in [5, 5.41) is 13.2. The minimum absolute atomic E-state index is 0. The van der Waals surface area contributed by atoms with Crippen LogP contribution in [0, 0.1) is 5.92 Å².